The molecule has 4 nitrogen and oxygen atoms in total. The number of benzene rings is 1. The van der Waals surface area contributed by atoms with Crippen molar-refractivity contribution in [3.63, 3.8) is 0 Å². The highest BCUT2D eigenvalue weighted by atomic mass is 16.4. The van der Waals surface area contributed by atoms with Crippen molar-refractivity contribution in [2.75, 3.05) is 13.1 Å². The van der Waals surface area contributed by atoms with Crippen LogP contribution in [0.15, 0.2) is 34.7 Å². The molecule has 1 N–H and O–H groups in total. The zero-order valence-corrected chi connectivity index (χ0v) is 12.0. The zero-order chi connectivity index (χ0) is 14.5. The van der Waals surface area contributed by atoms with Gasteiger partial charge in [0.25, 0.3) is 0 Å². The Bertz CT molecular complexity index is 541. The number of fused-ring (bicyclic) bond motifs is 1. The number of aliphatic carboxylic acids is 1. The third-order valence-electron chi connectivity index (χ3n) is 3.12. The Labute approximate surface area is 119 Å². The van der Waals surface area contributed by atoms with E-state index < -0.39 is 5.97 Å². The summed E-state index contributed by atoms with van der Waals surface area (Å²) in [5.41, 5.74) is 0.880. The second-order valence-electron chi connectivity index (χ2n) is 5.52. The number of furan rings is 1. The zero-order valence-electron chi connectivity index (χ0n) is 12.0. The van der Waals surface area contributed by atoms with E-state index in [2.05, 4.69) is 18.7 Å². The minimum Gasteiger partial charge on any atom is -0.481 e. The number of nitrogens with zero attached hydrogens (tertiary/aromatic N) is 1. The fourth-order valence-corrected chi connectivity index (χ4v) is 2.34. The maximum atomic E-state index is 10.7. The van der Waals surface area contributed by atoms with Crippen molar-refractivity contribution >= 4 is 16.9 Å². The van der Waals surface area contributed by atoms with Gasteiger partial charge in [0, 0.05) is 18.5 Å². The molecule has 0 amide bonds. The highest BCUT2D eigenvalue weighted by Gasteiger charge is 2.13. The molecule has 2 aromatic rings. The predicted molar refractivity (Wildman–Crippen MR) is 78.6 cm³/mol. The molecular formula is C16H21NO3. The topological polar surface area (TPSA) is 53.7 Å². The van der Waals surface area contributed by atoms with E-state index in [-0.39, 0.29) is 6.42 Å². The molecule has 1 aromatic carbocycles. The summed E-state index contributed by atoms with van der Waals surface area (Å²) in [5.74, 6) is 0.619. The van der Waals surface area contributed by atoms with Crippen LogP contribution in [0.5, 0.6) is 0 Å². The van der Waals surface area contributed by atoms with E-state index >= 15 is 0 Å². The van der Waals surface area contributed by atoms with E-state index in [1.807, 2.05) is 30.3 Å². The number of rotatable bonds is 7. The summed E-state index contributed by atoms with van der Waals surface area (Å²) in [7, 11) is 0. The van der Waals surface area contributed by atoms with Crippen LogP contribution in [0.4, 0.5) is 0 Å². The standard InChI is InChI=1S/C16H21NO3/c1-12(2)10-17(8-7-16(18)19)11-14-9-13-5-3-4-6-15(13)20-14/h3-6,9,12H,7-8,10-11H2,1-2H3,(H,18,19). The normalized spacial score (nSPS) is 11.6. The Kier molecular flexibility index (Phi) is 4.79. The minimum atomic E-state index is -0.761. The van der Waals surface area contributed by atoms with E-state index in [1.165, 1.54) is 0 Å². The van der Waals surface area contributed by atoms with Crippen molar-refractivity contribution in [3.05, 3.63) is 36.1 Å². The molecule has 0 unspecified atom stereocenters. The molecular weight excluding hydrogens is 254 g/mol. The molecule has 0 bridgehead atoms. The van der Waals surface area contributed by atoms with E-state index in [9.17, 15) is 4.79 Å². The third kappa shape index (κ3) is 4.10. The van der Waals surface area contributed by atoms with Crippen LogP contribution in [0.2, 0.25) is 0 Å². The lowest BCUT2D eigenvalue weighted by molar-refractivity contribution is -0.137. The first kappa shape index (κ1) is 14.6. The molecule has 1 heterocycles. The SMILES string of the molecule is CC(C)CN(CCC(=O)O)Cc1cc2ccccc2o1. The Hall–Kier alpha value is -1.81. The molecule has 2 rings (SSSR count). The van der Waals surface area contributed by atoms with Gasteiger partial charge in [-0.05, 0) is 18.1 Å². The molecule has 0 saturated heterocycles. The molecule has 0 radical (unpaired) electrons. The lowest BCUT2D eigenvalue weighted by atomic mass is 10.2. The van der Waals surface area contributed by atoms with Gasteiger partial charge in [-0.2, -0.15) is 0 Å². The molecule has 0 aliphatic carbocycles. The van der Waals surface area contributed by atoms with Gasteiger partial charge in [0.2, 0.25) is 0 Å². The van der Waals surface area contributed by atoms with Gasteiger partial charge in [-0.1, -0.05) is 32.0 Å². The van der Waals surface area contributed by atoms with Gasteiger partial charge in [0.05, 0.1) is 13.0 Å². The molecule has 0 aliphatic heterocycles. The van der Waals surface area contributed by atoms with E-state index in [0.29, 0.717) is 19.0 Å². The Morgan fingerprint density at radius 1 is 1.35 bits per heavy atom. The summed E-state index contributed by atoms with van der Waals surface area (Å²) in [6.45, 7) is 6.33. The second kappa shape index (κ2) is 6.57. The minimum absolute atomic E-state index is 0.160. The first-order valence-electron chi connectivity index (χ1n) is 6.96. The molecule has 0 spiro atoms. The van der Waals surface area contributed by atoms with Crippen LogP contribution in [-0.2, 0) is 11.3 Å². The van der Waals surface area contributed by atoms with Gasteiger partial charge < -0.3 is 9.52 Å². The number of para-hydroxylation sites is 1. The number of hydrogen-bond donors (Lipinski definition) is 1. The number of carbonyl (C=O) groups is 1. The largest absolute Gasteiger partial charge is 0.481 e. The molecule has 0 saturated carbocycles. The fourth-order valence-electron chi connectivity index (χ4n) is 2.34. The molecule has 1 aromatic heterocycles. The van der Waals surface area contributed by atoms with Crippen LogP contribution in [0, 0.1) is 5.92 Å². The summed E-state index contributed by atoms with van der Waals surface area (Å²) in [5, 5.41) is 9.91. The third-order valence-corrected chi connectivity index (χ3v) is 3.12. The summed E-state index contributed by atoms with van der Waals surface area (Å²) >= 11 is 0. The van der Waals surface area contributed by atoms with Crippen LogP contribution in [-0.4, -0.2) is 29.1 Å². The lowest BCUT2D eigenvalue weighted by Crippen LogP contribution is -2.29. The predicted octanol–water partition coefficient (Wildman–Crippen LogP) is 3.37. The van der Waals surface area contributed by atoms with E-state index in [0.717, 1.165) is 23.3 Å². The van der Waals surface area contributed by atoms with Crippen molar-refractivity contribution in [2.45, 2.75) is 26.8 Å². The van der Waals surface area contributed by atoms with Crippen LogP contribution < -0.4 is 0 Å². The summed E-state index contributed by atoms with van der Waals surface area (Å²) in [6.07, 6.45) is 0.160. The van der Waals surface area contributed by atoms with Crippen LogP contribution >= 0.6 is 0 Å². The lowest BCUT2D eigenvalue weighted by Gasteiger charge is -2.22. The van der Waals surface area contributed by atoms with Gasteiger partial charge >= 0.3 is 5.97 Å². The molecule has 4 heteroatoms. The Balaban J connectivity index is 2.07. The van der Waals surface area contributed by atoms with E-state index in [1.54, 1.807) is 0 Å². The summed E-state index contributed by atoms with van der Waals surface area (Å²) in [4.78, 5) is 12.9. The smallest absolute Gasteiger partial charge is 0.304 e. The average molecular weight is 275 g/mol. The Morgan fingerprint density at radius 2 is 2.10 bits per heavy atom. The molecule has 20 heavy (non-hydrogen) atoms. The number of hydrogen-bond acceptors (Lipinski definition) is 3. The fraction of sp³-hybridized carbons (Fsp3) is 0.438. The first-order chi connectivity index (χ1) is 9.54. The van der Waals surface area contributed by atoms with Crippen LogP contribution in [0.3, 0.4) is 0 Å². The van der Waals surface area contributed by atoms with Gasteiger partial charge in [-0.25, -0.2) is 0 Å². The van der Waals surface area contributed by atoms with Gasteiger partial charge in [0.1, 0.15) is 11.3 Å². The quantitative estimate of drug-likeness (QED) is 0.841. The van der Waals surface area contributed by atoms with Crippen LogP contribution in [0.1, 0.15) is 26.0 Å². The van der Waals surface area contributed by atoms with Crippen molar-refractivity contribution < 1.29 is 14.3 Å². The molecule has 0 atom stereocenters. The second-order valence-corrected chi connectivity index (χ2v) is 5.52. The van der Waals surface area contributed by atoms with Crippen molar-refractivity contribution in [1.29, 1.82) is 0 Å². The Morgan fingerprint density at radius 3 is 2.75 bits per heavy atom. The maximum absolute atomic E-state index is 10.7. The summed E-state index contributed by atoms with van der Waals surface area (Å²) < 4.78 is 5.80. The average Bonchev–Trinajstić information content (AvgIpc) is 2.77. The number of carboxylic acid groups (broad SMARTS) is 1. The van der Waals surface area contributed by atoms with Gasteiger partial charge in [-0.15, -0.1) is 0 Å². The van der Waals surface area contributed by atoms with Crippen molar-refractivity contribution in [3.8, 4) is 0 Å². The van der Waals surface area contributed by atoms with E-state index in [4.69, 9.17) is 9.52 Å². The molecule has 108 valence electrons. The van der Waals surface area contributed by atoms with Crippen LogP contribution in [0.25, 0.3) is 11.0 Å². The number of carboxylic acids is 1. The monoisotopic (exact) mass is 275 g/mol. The highest BCUT2D eigenvalue weighted by Crippen LogP contribution is 2.20. The van der Waals surface area contributed by atoms with Crippen molar-refractivity contribution in [2.24, 2.45) is 5.92 Å². The van der Waals surface area contributed by atoms with Gasteiger partial charge in [-0.3, -0.25) is 9.69 Å². The molecule has 0 fully saturated rings. The highest BCUT2D eigenvalue weighted by molar-refractivity contribution is 5.77. The van der Waals surface area contributed by atoms with Crippen molar-refractivity contribution in [1.82, 2.24) is 4.90 Å². The molecule has 0 aliphatic rings. The first-order valence-corrected chi connectivity index (χ1v) is 6.96. The van der Waals surface area contributed by atoms with Gasteiger partial charge in [0.15, 0.2) is 0 Å². The maximum Gasteiger partial charge on any atom is 0.304 e. The summed E-state index contributed by atoms with van der Waals surface area (Å²) in [6, 6.07) is 9.93.